The number of esters is 1. The van der Waals surface area contributed by atoms with Gasteiger partial charge < -0.3 is 15.4 Å². The minimum atomic E-state index is -0.727. The molecule has 0 saturated carbocycles. The maximum atomic E-state index is 11.5. The first-order valence-corrected chi connectivity index (χ1v) is 6.46. The van der Waals surface area contributed by atoms with Crippen molar-refractivity contribution in [3.8, 4) is 0 Å². The maximum absolute atomic E-state index is 11.5. The van der Waals surface area contributed by atoms with Gasteiger partial charge in [-0.25, -0.2) is 4.79 Å². The average Bonchev–Trinajstić information content (AvgIpc) is 2.86. The SMILES string of the molecule is COC(=O)C(C)(C)CNC(=O)NCc1cccs1. The van der Waals surface area contributed by atoms with Gasteiger partial charge in [-0.2, -0.15) is 0 Å². The Morgan fingerprint density at radius 3 is 2.67 bits per heavy atom. The molecule has 0 atom stereocenters. The number of methoxy groups -OCH3 is 1. The zero-order valence-corrected chi connectivity index (χ0v) is 11.6. The molecule has 0 aliphatic rings. The Balaban J connectivity index is 2.30. The van der Waals surface area contributed by atoms with E-state index in [0.29, 0.717) is 6.54 Å². The highest BCUT2D eigenvalue weighted by molar-refractivity contribution is 7.09. The van der Waals surface area contributed by atoms with Crippen LogP contribution < -0.4 is 10.6 Å². The third-order valence-electron chi connectivity index (χ3n) is 2.43. The van der Waals surface area contributed by atoms with E-state index in [9.17, 15) is 9.59 Å². The summed E-state index contributed by atoms with van der Waals surface area (Å²) in [5.74, 6) is -0.346. The largest absolute Gasteiger partial charge is 0.469 e. The molecule has 5 nitrogen and oxygen atoms in total. The Labute approximate surface area is 111 Å². The van der Waals surface area contributed by atoms with Crippen LogP contribution >= 0.6 is 11.3 Å². The van der Waals surface area contributed by atoms with Crippen LogP contribution in [-0.4, -0.2) is 25.7 Å². The molecule has 0 fully saturated rings. The van der Waals surface area contributed by atoms with Gasteiger partial charge in [0.25, 0.3) is 0 Å². The molecule has 1 rings (SSSR count). The first-order chi connectivity index (χ1) is 8.45. The molecule has 18 heavy (non-hydrogen) atoms. The van der Waals surface area contributed by atoms with Gasteiger partial charge in [0, 0.05) is 11.4 Å². The quantitative estimate of drug-likeness (QED) is 0.801. The molecule has 2 amide bonds. The van der Waals surface area contributed by atoms with Crippen LogP contribution in [0.1, 0.15) is 18.7 Å². The molecular formula is C12H18N2O3S. The third-order valence-corrected chi connectivity index (χ3v) is 3.31. The molecule has 6 heteroatoms. The number of carbonyl (C=O) groups excluding carboxylic acids is 2. The smallest absolute Gasteiger partial charge is 0.315 e. The van der Waals surface area contributed by atoms with E-state index in [1.165, 1.54) is 7.11 Å². The van der Waals surface area contributed by atoms with E-state index in [1.54, 1.807) is 25.2 Å². The standard InChI is InChI=1S/C12H18N2O3S/c1-12(2,10(15)17-3)8-14-11(16)13-7-9-5-4-6-18-9/h4-6H,7-8H2,1-3H3,(H2,13,14,16). The molecule has 1 aromatic heterocycles. The molecule has 1 heterocycles. The summed E-state index contributed by atoms with van der Waals surface area (Å²) < 4.78 is 4.66. The lowest BCUT2D eigenvalue weighted by Crippen LogP contribution is -2.43. The van der Waals surface area contributed by atoms with Crippen molar-refractivity contribution in [2.75, 3.05) is 13.7 Å². The molecule has 0 aliphatic carbocycles. The van der Waals surface area contributed by atoms with E-state index < -0.39 is 5.41 Å². The second kappa shape index (κ2) is 6.39. The fourth-order valence-corrected chi connectivity index (χ4v) is 1.94. The number of nitrogens with one attached hydrogen (secondary N) is 2. The molecule has 0 aromatic carbocycles. The third kappa shape index (κ3) is 4.37. The second-order valence-electron chi connectivity index (χ2n) is 4.49. The lowest BCUT2D eigenvalue weighted by atomic mass is 9.94. The predicted molar refractivity (Wildman–Crippen MR) is 70.4 cm³/mol. The lowest BCUT2D eigenvalue weighted by Gasteiger charge is -2.21. The number of hydrogen-bond donors (Lipinski definition) is 2. The molecule has 0 bridgehead atoms. The summed E-state index contributed by atoms with van der Waals surface area (Å²) in [4.78, 5) is 24.0. The summed E-state index contributed by atoms with van der Waals surface area (Å²) in [6.07, 6.45) is 0. The van der Waals surface area contributed by atoms with Crippen LogP contribution in [0.2, 0.25) is 0 Å². The van der Waals surface area contributed by atoms with Crippen LogP contribution in [0, 0.1) is 5.41 Å². The van der Waals surface area contributed by atoms with Gasteiger partial charge in [0.05, 0.1) is 19.1 Å². The molecule has 0 aliphatic heterocycles. The Morgan fingerprint density at radius 1 is 1.39 bits per heavy atom. The second-order valence-corrected chi connectivity index (χ2v) is 5.52. The molecule has 2 N–H and O–H groups in total. The summed E-state index contributed by atoms with van der Waals surface area (Å²) in [5, 5.41) is 7.33. The molecule has 0 unspecified atom stereocenters. The van der Waals surface area contributed by atoms with Gasteiger partial charge in [-0.15, -0.1) is 11.3 Å². The van der Waals surface area contributed by atoms with Crippen LogP contribution in [0.25, 0.3) is 0 Å². The van der Waals surface area contributed by atoms with Crippen molar-refractivity contribution in [2.45, 2.75) is 20.4 Å². The number of thiophene rings is 1. The first kappa shape index (κ1) is 14.5. The summed E-state index contributed by atoms with van der Waals surface area (Å²) in [6, 6.07) is 3.59. The Bertz CT molecular complexity index is 401. The zero-order valence-electron chi connectivity index (χ0n) is 10.8. The maximum Gasteiger partial charge on any atom is 0.315 e. The van der Waals surface area contributed by atoms with Crippen molar-refractivity contribution in [1.29, 1.82) is 0 Å². The fraction of sp³-hybridized carbons (Fsp3) is 0.500. The van der Waals surface area contributed by atoms with Crippen molar-refractivity contribution >= 4 is 23.3 Å². The summed E-state index contributed by atoms with van der Waals surface area (Å²) in [6.45, 7) is 4.16. The van der Waals surface area contributed by atoms with Gasteiger partial charge in [-0.1, -0.05) is 6.07 Å². The highest BCUT2D eigenvalue weighted by Crippen LogP contribution is 2.15. The van der Waals surface area contributed by atoms with Gasteiger partial charge in [0.1, 0.15) is 0 Å². The number of amides is 2. The van der Waals surface area contributed by atoms with Crippen LogP contribution in [0.4, 0.5) is 4.79 Å². The molecule has 100 valence electrons. The highest BCUT2D eigenvalue weighted by Gasteiger charge is 2.28. The fourth-order valence-electron chi connectivity index (χ4n) is 1.29. The van der Waals surface area contributed by atoms with Crippen LogP contribution in [0.5, 0.6) is 0 Å². The monoisotopic (exact) mass is 270 g/mol. The summed E-state index contributed by atoms with van der Waals surface area (Å²) in [7, 11) is 1.33. The van der Waals surface area contributed by atoms with Crippen molar-refractivity contribution in [1.82, 2.24) is 10.6 Å². The van der Waals surface area contributed by atoms with Crippen LogP contribution in [0.15, 0.2) is 17.5 Å². The molecule has 1 aromatic rings. The summed E-state index contributed by atoms with van der Waals surface area (Å²) in [5.41, 5.74) is -0.727. The minimum Gasteiger partial charge on any atom is -0.469 e. The van der Waals surface area contributed by atoms with E-state index >= 15 is 0 Å². The topological polar surface area (TPSA) is 67.4 Å². The molecular weight excluding hydrogens is 252 g/mol. The van der Waals surface area contributed by atoms with E-state index in [0.717, 1.165) is 4.88 Å². The van der Waals surface area contributed by atoms with Crippen LogP contribution in [0.3, 0.4) is 0 Å². The van der Waals surface area contributed by atoms with Gasteiger partial charge >= 0.3 is 12.0 Å². The number of hydrogen-bond acceptors (Lipinski definition) is 4. The van der Waals surface area contributed by atoms with Crippen molar-refractivity contribution in [3.05, 3.63) is 22.4 Å². The lowest BCUT2D eigenvalue weighted by molar-refractivity contribution is -0.150. The number of ether oxygens (including phenoxy) is 1. The molecule has 0 radical (unpaired) electrons. The zero-order chi connectivity index (χ0) is 13.6. The van der Waals surface area contributed by atoms with Crippen molar-refractivity contribution in [3.63, 3.8) is 0 Å². The number of carbonyl (C=O) groups is 2. The number of urea groups is 1. The first-order valence-electron chi connectivity index (χ1n) is 5.58. The van der Waals surface area contributed by atoms with Gasteiger partial charge in [-0.05, 0) is 25.3 Å². The van der Waals surface area contributed by atoms with Gasteiger partial charge in [0.15, 0.2) is 0 Å². The van der Waals surface area contributed by atoms with E-state index in [1.807, 2.05) is 17.5 Å². The summed E-state index contributed by atoms with van der Waals surface area (Å²) >= 11 is 1.58. The van der Waals surface area contributed by atoms with Crippen LogP contribution in [-0.2, 0) is 16.1 Å². The van der Waals surface area contributed by atoms with Crippen molar-refractivity contribution in [2.24, 2.45) is 5.41 Å². The van der Waals surface area contributed by atoms with Gasteiger partial charge in [-0.3, -0.25) is 4.79 Å². The highest BCUT2D eigenvalue weighted by atomic mass is 32.1. The van der Waals surface area contributed by atoms with E-state index in [4.69, 9.17) is 0 Å². The van der Waals surface area contributed by atoms with Crippen molar-refractivity contribution < 1.29 is 14.3 Å². The predicted octanol–water partition coefficient (Wildman–Crippen LogP) is 1.75. The Kier molecular flexibility index (Phi) is 5.15. The minimum absolute atomic E-state index is 0.232. The van der Waals surface area contributed by atoms with Gasteiger partial charge in [0.2, 0.25) is 0 Å². The molecule has 0 spiro atoms. The van der Waals surface area contributed by atoms with E-state index in [2.05, 4.69) is 15.4 Å². The normalized spacial score (nSPS) is 10.8. The Morgan fingerprint density at radius 2 is 2.11 bits per heavy atom. The van der Waals surface area contributed by atoms with E-state index in [-0.39, 0.29) is 18.5 Å². The molecule has 0 saturated heterocycles. The Hall–Kier alpha value is -1.56. The average molecular weight is 270 g/mol. The number of rotatable bonds is 5.